The minimum absolute atomic E-state index is 0. The number of rotatable bonds is 7. The third kappa shape index (κ3) is 5.76. The third-order valence-corrected chi connectivity index (χ3v) is 4.97. The summed E-state index contributed by atoms with van der Waals surface area (Å²) < 4.78 is 0. The van der Waals surface area contributed by atoms with Crippen molar-refractivity contribution in [1.29, 1.82) is 0 Å². The van der Waals surface area contributed by atoms with E-state index in [4.69, 9.17) is 5.73 Å². The molecule has 0 saturated heterocycles. The second-order valence-corrected chi connectivity index (χ2v) is 6.93. The Morgan fingerprint density at radius 1 is 1.09 bits per heavy atom. The summed E-state index contributed by atoms with van der Waals surface area (Å²) in [6.45, 7) is 2.50. The van der Waals surface area contributed by atoms with E-state index in [0.29, 0.717) is 24.8 Å². The van der Waals surface area contributed by atoms with Gasteiger partial charge in [0.25, 0.3) is 0 Å². The first-order valence-electron chi connectivity index (χ1n) is 8.31. The lowest BCUT2D eigenvalue weighted by Crippen LogP contribution is -2.55. The van der Waals surface area contributed by atoms with Gasteiger partial charge in [-0.15, -0.1) is 12.4 Å². The Balaban J connectivity index is 0.00000242. The molecule has 4 N–H and O–H groups in total. The van der Waals surface area contributed by atoms with Crippen molar-refractivity contribution in [2.75, 3.05) is 13.1 Å². The van der Waals surface area contributed by atoms with Crippen LogP contribution in [-0.2, 0) is 9.59 Å². The minimum atomic E-state index is -0.314. The molecule has 6 heteroatoms. The lowest BCUT2D eigenvalue weighted by Gasteiger charge is -2.29. The monoisotopic (exact) mass is 331 g/mol. The molecule has 2 saturated carbocycles. The van der Waals surface area contributed by atoms with Crippen molar-refractivity contribution >= 4 is 24.2 Å². The number of nitrogens with two attached hydrogens (primary N) is 1. The average molecular weight is 332 g/mol. The summed E-state index contributed by atoms with van der Waals surface area (Å²) in [4.78, 5) is 23.8. The summed E-state index contributed by atoms with van der Waals surface area (Å²) >= 11 is 0. The number of carbonyl (C=O) groups excluding carboxylic acids is 2. The fraction of sp³-hybridized carbons (Fsp3) is 0.875. The summed E-state index contributed by atoms with van der Waals surface area (Å²) in [6, 6.07) is 0. The van der Waals surface area contributed by atoms with Gasteiger partial charge in [-0.05, 0) is 44.4 Å². The van der Waals surface area contributed by atoms with Crippen LogP contribution in [0.4, 0.5) is 0 Å². The molecule has 2 aliphatic carbocycles. The first-order valence-corrected chi connectivity index (χ1v) is 8.31. The van der Waals surface area contributed by atoms with Gasteiger partial charge in [0.1, 0.15) is 0 Å². The highest BCUT2D eigenvalue weighted by atomic mass is 35.5. The molecule has 1 atom stereocenters. The molecule has 2 amide bonds. The lowest BCUT2D eigenvalue weighted by molar-refractivity contribution is -0.127. The highest BCUT2D eigenvalue weighted by molar-refractivity contribution is 5.85. The number of hydrogen-bond donors (Lipinski definition) is 3. The van der Waals surface area contributed by atoms with E-state index in [1.165, 1.54) is 19.3 Å². The number of hydrogen-bond acceptors (Lipinski definition) is 3. The van der Waals surface area contributed by atoms with Gasteiger partial charge in [-0.2, -0.15) is 0 Å². The summed E-state index contributed by atoms with van der Waals surface area (Å²) in [5, 5.41) is 5.73. The van der Waals surface area contributed by atoms with Crippen LogP contribution in [0.25, 0.3) is 0 Å². The van der Waals surface area contributed by atoms with E-state index in [0.717, 1.165) is 25.7 Å². The molecule has 1 unspecified atom stereocenters. The van der Waals surface area contributed by atoms with Gasteiger partial charge in [0, 0.05) is 13.0 Å². The van der Waals surface area contributed by atoms with E-state index in [-0.39, 0.29) is 36.3 Å². The second-order valence-electron chi connectivity index (χ2n) is 6.93. The van der Waals surface area contributed by atoms with E-state index in [9.17, 15) is 9.59 Å². The first kappa shape index (κ1) is 19.2. The molecule has 22 heavy (non-hydrogen) atoms. The zero-order valence-electron chi connectivity index (χ0n) is 13.5. The van der Waals surface area contributed by atoms with Crippen LogP contribution in [0.2, 0.25) is 0 Å². The molecule has 0 heterocycles. The molecule has 0 spiro atoms. The number of carbonyl (C=O) groups is 2. The molecule has 2 aliphatic rings. The quantitative estimate of drug-likeness (QED) is 0.664. The van der Waals surface area contributed by atoms with Gasteiger partial charge in [-0.25, -0.2) is 0 Å². The fourth-order valence-corrected chi connectivity index (χ4v) is 3.31. The van der Waals surface area contributed by atoms with E-state index in [2.05, 4.69) is 10.6 Å². The van der Waals surface area contributed by atoms with Crippen LogP contribution < -0.4 is 16.4 Å². The van der Waals surface area contributed by atoms with Gasteiger partial charge in [0.15, 0.2) is 0 Å². The number of halogens is 1. The summed E-state index contributed by atoms with van der Waals surface area (Å²) in [7, 11) is 0. The third-order valence-electron chi connectivity index (χ3n) is 4.97. The van der Waals surface area contributed by atoms with Gasteiger partial charge >= 0.3 is 0 Å². The number of amides is 2. The Bertz CT molecular complexity index is 382. The van der Waals surface area contributed by atoms with Crippen LogP contribution in [0.1, 0.15) is 58.3 Å². The zero-order valence-corrected chi connectivity index (χ0v) is 14.3. The smallest absolute Gasteiger partial charge is 0.239 e. The Morgan fingerprint density at radius 2 is 1.73 bits per heavy atom. The van der Waals surface area contributed by atoms with Crippen LogP contribution in [0.15, 0.2) is 0 Å². The van der Waals surface area contributed by atoms with Gasteiger partial charge < -0.3 is 16.4 Å². The molecule has 0 aromatic heterocycles. The summed E-state index contributed by atoms with van der Waals surface area (Å²) in [5.41, 5.74) is 5.46. The van der Waals surface area contributed by atoms with E-state index < -0.39 is 0 Å². The Kier molecular flexibility index (Phi) is 7.63. The van der Waals surface area contributed by atoms with Crippen LogP contribution in [0.5, 0.6) is 0 Å². The van der Waals surface area contributed by atoms with Crippen molar-refractivity contribution in [3.05, 3.63) is 0 Å². The zero-order chi connectivity index (χ0) is 15.3. The topological polar surface area (TPSA) is 84.2 Å². The highest BCUT2D eigenvalue weighted by Crippen LogP contribution is 2.38. The SMILES string of the molecule is CC(CN)(NC(=O)CNC(=O)CC1CCCCC1)C1CC1.Cl. The molecule has 0 aliphatic heterocycles. The largest absolute Gasteiger partial charge is 0.348 e. The van der Waals surface area contributed by atoms with Crippen molar-refractivity contribution in [3.63, 3.8) is 0 Å². The molecule has 0 aromatic rings. The van der Waals surface area contributed by atoms with Crippen molar-refractivity contribution in [3.8, 4) is 0 Å². The Morgan fingerprint density at radius 3 is 2.27 bits per heavy atom. The molecule has 0 aromatic carbocycles. The summed E-state index contributed by atoms with van der Waals surface area (Å²) in [5.74, 6) is 0.858. The van der Waals surface area contributed by atoms with Gasteiger partial charge in [0.05, 0.1) is 12.1 Å². The molecule has 128 valence electrons. The maximum absolute atomic E-state index is 12.0. The molecular weight excluding hydrogens is 302 g/mol. The van der Waals surface area contributed by atoms with E-state index >= 15 is 0 Å². The van der Waals surface area contributed by atoms with Crippen LogP contribution in [0.3, 0.4) is 0 Å². The molecule has 5 nitrogen and oxygen atoms in total. The number of nitrogens with one attached hydrogen (secondary N) is 2. The standard InChI is InChI=1S/C16H29N3O2.ClH/c1-16(11-17,13-7-8-13)19-15(21)10-18-14(20)9-12-5-3-2-4-6-12;/h12-13H,2-11,17H2,1H3,(H,18,20)(H,19,21);1H. The first-order chi connectivity index (χ1) is 10.0. The second kappa shape index (κ2) is 8.73. The van der Waals surface area contributed by atoms with Gasteiger partial charge in [-0.3, -0.25) is 9.59 Å². The maximum atomic E-state index is 12.0. The van der Waals surface area contributed by atoms with Crippen molar-refractivity contribution in [2.45, 2.75) is 63.8 Å². The summed E-state index contributed by atoms with van der Waals surface area (Å²) in [6.07, 6.45) is 8.86. The maximum Gasteiger partial charge on any atom is 0.239 e. The van der Waals surface area contributed by atoms with E-state index in [1.807, 2.05) is 6.92 Å². The Labute approximate surface area is 139 Å². The van der Waals surface area contributed by atoms with Crippen LogP contribution >= 0.6 is 12.4 Å². The molecular formula is C16H30ClN3O2. The molecule has 2 rings (SSSR count). The van der Waals surface area contributed by atoms with Gasteiger partial charge in [0.2, 0.25) is 11.8 Å². The average Bonchev–Trinajstić information content (AvgIpc) is 3.31. The van der Waals surface area contributed by atoms with Crippen LogP contribution in [0, 0.1) is 11.8 Å². The van der Waals surface area contributed by atoms with Crippen molar-refractivity contribution < 1.29 is 9.59 Å². The Hall–Kier alpha value is -0.810. The van der Waals surface area contributed by atoms with Crippen molar-refractivity contribution in [2.24, 2.45) is 17.6 Å². The normalized spacial score (nSPS) is 21.4. The van der Waals surface area contributed by atoms with Crippen LogP contribution in [-0.4, -0.2) is 30.4 Å². The van der Waals surface area contributed by atoms with Crippen molar-refractivity contribution in [1.82, 2.24) is 10.6 Å². The molecule has 0 bridgehead atoms. The lowest BCUT2D eigenvalue weighted by atomic mass is 9.87. The fourth-order valence-electron chi connectivity index (χ4n) is 3.31. The highest BCUT2D eigenvalue weighted by Gasteiger charge is 2.41. The predicted octanol–water partition coefficient (Wildman–Crippen LogP) is 1.74. The molecule has 2 fully saturated rings. The molecule has 0 radical (unpaired) electrons. The minimum Gasteiger partial charge on any atom is -0.348 e. The van der Waals surface area contributed by atoms with E-state index in [1.54, 1.807) is 0 Å². The van der Waals surface area contributed by atoms with Gasteiger partial charge in [-0.1, -0.05) is 19.3 Å². The predicted molar refractivity (Wildman–Crippen MR) is 89.8 cm³/mol.